The molecule has 0 aliphatic heterocycles. The van der Waals surface area contributed by atoms with E-state index in [-0.39, 0.29) is 11.1 Å². The number of nitriles is 1. The first-order valence-electron chi connectivity index (χ1n) is 3.42. The molecule has 0 aliphatic carbocycles. The Bertz CT molecular complexity index is 344. The van der Waals surface area contributed by atoms with Crippen LogP contribution in [0.3, 0.4) is 0 Å². The summed E-state index contributed by atoms with van der Waals surface area (Å²) in [6, 6.07) is 2.84. The molecule has 0 radical (unpaired) electrons. The second kappa shape index (κ2) is 3.90. The summed E-state index contributed by atoms with van der Waals surface area (Å²) in [7, 11) is 0. The fourth-order valence-electron chi connectivity index (χ4n) is 0.942. The number of hydrogen-bond donors (Lipinski definition) is 0. The number of pyridine rings is 1. The first kappa shape index (κ1) is 9.52. The Morgan fingerprint density at radius 1 is 1.54 bits per heavy atom. The molecule has 0 amide bonds. The molecule has 1 heterocycles. The van der Waals surface area contributed by atoms with Crippen molar-refractivity contribution in [2.75, 3.05) is 0 Å². The number of nitrogens with zero attached hydrogens (tertiary/aromatic N) is 2. The van der Waals surface area contributed by atoms with Crippen molar-refractivity contribution >= 4 is 0 Å². The molecule has 1 aromatic rings. The van der Waals surface area contributed by atoms with Crippen LogP contribution in [0.1, 0.15) is 23.2 Å². The van der Waals surface area contributed by atoms with Gasteiger partial charge in [0, 0.05) is 11.8 Å². The van der Waals surface area contributed by atoms with Gasteiger partial charge >= 0.3 is 0 Å². The van der Waals surface area contributed by atoms with Crippen LogP contribution < -0.4 is 0 Å². The molecule has 5 heteroatoms. The highest BCUT2D eigenvalue weighted by Crippen LogP contribution is 2.23. The summed E-state index contributed by atoms with van der Waals surface area (Å²) >= 11 is 0. The van der Waals surface area contributed by atoms with E-state index in [1.165, 1.54) is 6.07 Å². The molecule has 13 heavy (non-hydrogen) atoms. The maximum absolute atomic E-state index is 12.3. The molecule has 1 aromatic heterocycles. The third-order valence-electron chi connectivity index (χ3n) is 1.55. The lowest BCUT2D eigenvalue weighted by atomic mass is 10.1. The zero-order valence-corrected chi connectivity index (χ0v) is 6.47. The lowest BCUT2D eigenvalue weighted by molar-refractivity contribution is 0.143. The molecule has 2 nitrogen and oxygen atoms in total. The van der Waals surface area contributed by atoms with Crippen molar-refractivity contribution in [2.24, 2.45) is 0 Å². The SMILES string of the molecule is N#Cc1ccnc(C(F)F)c1CF. The Kier molecular flexibility index (Phi) is 2.85. The molecule has 0 bridgehead atoms. The number of halogens is 3. The molecule has 0 atom stereocenters. The van der Waals surface area contributed by atoms with Crippen molar-refractivity contribution in [3.05, 3.63) is 29.1 Å². The van der Waals surface area contributed by atoms with Crippen molar-refractivity contribution in [3.8, 4) is 6.07 Å². The van der Waals surface area contributed by atoms with E-state index in [9.17, 15) is 13.2 Å². The normalized spacial score (nSPS) is 10.1. The van der Waals surface area contributed by atoms with E-state index < -0.39 is 18.8 Å². The van der Waals surface area contributed by atoms with E-state index in [0.717, 1.165) is 6.20 Å². The van der Waals surface area contributed by atoms with Gasteiger partial charge in [0.2, 0.25) is 0 Å². The van der Waals surface area contributed by atoms with E-state index in [2.05, 4.69) is 4.98 Å². The molecule has 68 valence electrons. The predicted octanol–water partition coefficient (Wildman–Crippen LogP) is 2.36. The highest BCUT2D eigenvalue weighted by molar-refractivity contribution is 5.39. The van der Waals surface area contributed by atoms with Gasteiger partial charge in [0.1, 0.15) is 12.4 Å². The van der Waals surface area contributed by atoms with E-state index in [1.807, 2.05) is 0 Å². The second-order valence-corrected chi connectivity index (χ2v) is 2.27. The summed E-state index contributed by atoms with van der Waals surface area (Å²) in [4.78, 5) is 3.32. The van der Waals surface area contributed by atoms with Crippen molar-refractivity contribution in [1.82, 2.24) is 4.98 Å². The van der Waals surface area contributed by atoms with Crippen LogP contribution in [0.4, 0.5) is 13.2 Å². The monoisotopic (exact) mass is 186 g/mol. The van der Waals surface area contributed by atoms with Gasteiger partial charge < -0.3 is 0 Å². The third kappa shape index (κ3) is 1.78. The Balaban J connectivity index is 3.29. The molecular formula is C8H5F3N2. The molecule has 0 saturated carbocycles. The number of alkyl halides is 3. The summed E-state index contributed by atoms with van der Waals surface area (Å²) in [5, 5.41) is 8.47. The highest BCUT2D eigenvalue weighted by atomic mass is 19.3. The molecule has 0 saturated heterocycles. The minimum Gasteiger partial charge on any atom is -0.255 e. The zero-order valence-electron chi connectivity index (χ0n) is 6.47. The topological polar surface area (TPSA) is 36.7 Å². The number of aromatic nitrogens is 1. The summed E-state index contributed by atoms with van der Waals surface area (Å²) in [5.41, 5.74) is -1.06. The van der Waals surface area contributed by atoms with E-state index in [1.54, 1.807) is 6.07 Å². The highest BCUT2D eigenvalue weighted by Gasteiger charge is 2.17. The van der Waals surface area contributed by atoms with Gasteiger partial charge in [-0.05, 0) is 6.07 Å². The van der Waals surface area contributed by atoms with Crippen LogP contribution in [0, 0.1) is 11.3 Å². The van der Waals surface area contributed by atoms with Gasteiger partial charge in [-0.1, -0.05) is 0 Å². The lowest BCUT2D eigenvalue weighted by Gasteiger charge is -2.04. The third-order valence-corrected chi connectivity index (χ3v) is 1.55. The van der Waals surface area contributed by atoms with Crippen molar-refractivity contribution in [3.63, 3.8) is 0 Å². The molecule has 0 spiro atoms. The Morgan fingerprint density at radius 2 is 2.23 bits per heavy atom. The van der Waals surface area contributed by atoms with Crippen molar-refractivity contribution < 1.29 is 13.2 Å². The zero-order chi connectivity index (χ0) is 9.84. The number of hydrogen-bond acceptors (Lipinski definition) is 2. The van der Waals surface area contributed by atoms with Crippen LogP contribution in [-0.2, 0) is 6.67 Å². The second-order valence-electron chi connectivity index (χ2n) is 2.27. The molecule has 0 aromatic carbocycles. The minimum absolute atomic E-state index is 0.0900. The lowest BCUT2D eigenvalue weighted by Crippen LogP contribution is -1.99. The minimum atomic E-state index is -2.85. The Labute approximate surface area is 72.6 Å². The summed E-state index contributed by atoms with van der Waals surface area (Å²) < 4.78 is 36.7. The fourth-order valence-corrected chi connectivity index (χ4v) is 0.942. The van der Waals surface area contributed by atoms with Crippen LogP contribution in [0.15, 0.2) is 12.3 Å². The Hall–Kier alpha value is -1.57. The van der Waals surface area contributed by atoms with E-state index in [0.29, 0.717) is 0 Å². The van der Waals surface area contributed by atoms with Crippen molar-refractivity contribution in [1.29, 1.82) is 5.26 Å². The van der Waals surface area contributed by atoms with Crippen LogP contribution in [-0.4, -0.2) is 4.98 Å². The smallest absolute Gasteiger partial charge is 0.255 e. The number of rotatable bonds is 2. The Morgan fingerprint density at radius 3 is 2.69 bits per heavy atom. The van der Waals surface area contributed by atoms with E-state index >= 15 is 0 Å². The maximum atomic E-state index is 12.3. The largest absolute Gasteiger partial charge is 0.280 e. The van der Waals surface area contributed by atoms with Crippen LogP contribution in [0.2, 0.25) is 0 Å². The van der Waals surface area contributed by atoms with Crippen LogP contribution >= 0.6 is 0 Å². The van der Waals surface area contributed by atoms with Gasteiger partial charge in [-0.15, -0.1) is 0 Å². The van der Waals surface area contributed by atoms with Gasteiger partial charge in [0.25, 0.3) is 6.43 Å². The van der Waals surface area contributed by atoms with Gasteiger partial charge in [0.05, 0.1) is 11.6 Å². The van der Waals surface area contributed by atoms with Crippen LogP contribution in [0.25, 0.3) is 0 Å². The van der Waals surface area contributed by atoms with Gasteiger partial charge in [-0.2, -0.15) is 5.26 Å². The van der Waals surface area contributed by atoms with E-state index in [4.69, 9.17) is 5.26 Å². The van der Waals surface area contributed by atoms with Gasteiger partial charge in [-0.25, -0.2) is 13.2 Å². The van der Waals surface area contributed by atoms with Gasteiger partial charge in [0.15, 0.2) is 0 Å². The maximum Gasteiger partial charge on any atom is 0.280 e. The molecule has 1 rings (SSSR count). The molecule has 0 N–H and O–H groups in total. The standard InChI is InChI=1S/C8H5F3N2/c9-3-6-5(4-12)1-2-13-7(6)8(10)11/h1-2,8H,3H2. The van der Waals surface area contributed by atoms with Crippen LogP contribution in [0.5, 0.6) is 0 Å². The predicted molar refractivity (Wildman–Crippen MR) is 38.7 cm³/mol. The van der Waals surface area contributed by atoms with Crippen molar-refractivity contribution in [2.45, 2.75) is 13.1 Å². The first-order chi connectivity index (χ1) is 6.20. The quantitative estimate of drug-likeness (QED) is 0.710. The fraction of sp³-hybridized carbons (Fsp3) is 0.250. The molecule has 0 unspecified atom stereocenters. The summed E-state index contributed by atoms with van der Waals surface area (Å²) in [6.45, 7) is -1.10. The van der Waals surface area contributed by atoms with Gasteiger partial charge in [-0.3, -0.25) is 4.98 Å². The molecule has 0 fully saturated rings. The summed E-state index contributed by atoms with van der Waals surface area (Å²) in [6.07, 6.45) is -1.78. The molecular weight excluding hydrogens is 181 g/mol. The first-order valence-corrected chi connectivity index (χ1v) is 3.42. The average Bonchev–Trinajstić information content (AvgIpc) is 2.16. The average molecular weight is 186 g/mol. The molecule has 0 aliphatic rings. The summed E-state index contributed by atoms with van der Waals surface area (Å²) in [5.74, 6) is 0.